The Morgan fingerprint density at radius 1 is 0.516 bits per heavy atom. The van der Waals surface area contributed by atoms with Gasteiger partial charge in [-0.25, -0.2) is 0 Å². The molecular weight excluding hydrogens is 1200 g/mol. The molecule has 6 aromatic carbocycles. The first kappa shape index (κ1) is 65.3. The molecule has 492 valence electrons. The van der Waals surface area contributed by atoms with Crippen molar-refractivity contribution in [2.75, 3.05) is 98.2 Å². The van der Waals surface area contributed by atoms with Crippen molar-refractivity contribution in [1.29, 1.82) is 0 Å². The van der Waals surface area contributed by atoms with Crippen LogP contribution in [-0.4, -0.2) is 164 Å². The second-order valence-corrected chi connectivity index (χ2v) is 25.0. The van der Waals surface area contributed by atoms with Crippen molar-refractivity contribution in [3.8, 4) is 33.8 Å². The number of nitrogens with zero attached hydrogens (tertiary/aromatic N) is 6. The molecule has 8 aromatic rings. The van der Waals surface area contributed by atoms with Gasteiger partial charge in [-0.3, -0.25) is 34.5 Å². The summed E-state index contributed by atoms with van der Waals surface area (Å²) in [5.74, 6) is -0.659. The van der Waals surface area contributed by atoms with Gasteiger partial charge in [0.25, 0.3) is 0 Å². The second-order valence-electron chi connectivity index (χ2n) is 25.0. The summed E-state index contributed by atoms with van der Waals surface area (Å²) >= 11 is 0. The van der Waals surface area contributed by atoms with Crippen LogP contribution in [0.1, 0.15) is 52.3 Å². The molecular formula is C71H82F6N12O4. The molecule has 3 unspecified atom stereocenters. The van der Waals surface area contributed by atoms with Gasteiger partial charge in [-0.2, -0.15) is 0 Å². The van der Waals surface area contributed by atoms with Crippen LogP contribution in [0.5, 0.6) is 11.5 Å². The van der Waals surface area contributed by atoms with E-state index in [9.17, 15) is 35.9 Å². The summed E-state index contributed by atoms with van der Waals surface area (Å²) < 4.78 is 91.2. The van der Waals surface area contributed by atoms with Crippen LogP contribution in [0.15, 0.2) is 146 Å². The van der Waals surface area contributed by atoms with E-state index in [-0.39, 0.29) is 35.4 Å². The fourth-order valence-electron chi connectivity index (χ4n) is 13.4. The summed E-state index contributed by atoms with van der Waals surface area (Å²) in [5.41, 5.74) is 12.6. The van der Waals surface area contributed by atoms with Gasteiger partial charge in [-0.1, -0.05) is 84.9 Å². The minimum atomic E-state index is -4.79. The van der Waals surface area contributed by atoms with Gasteiger partial charge in [-0.05, 0) is 113 Å². The van der Waals surface area contributed by atoms with Gasteiger partial charge in [0.1, 0.15) is 11.5 Å². The summed E-state index contributed by atoms with van der Waals surface area (Å²) in [4.78, 5) is 36.5. The Morgan fingerprint density at radius 2 is 1.00 bits per heavy atom. The number of hydrogen-bond donors (Lipinski definition) is 6. The molecule has 0 radical (unpaired) electrons. The number of amides is 2. The minimum absolute atomic E-state index is 0.0321. The van der Waals surface area contributed by atoms with Gasteiger partial charge in [0, 0.05) is 189 Å². The van der Waals surface area contributed by atoms with E-state index >= 15 is 0 Å². The Bertz CT molecular complexity index is 3800. The molecule has 93 heavy (non-hydrogen) atoms. The molecule has 0 bridgehead atoms. The fourth-order valence-corrected chi connectivity index (χ4v) is 13.4. The first-order valence-electron chi connectivity index (χ1n) is 32.4. The molecule has 0 aliphatic carbocycles. The number of benzene rings is 6. The predicted molar refractivity (Wildman–Crippen MR) is 349 cm³/mol. The van der Waals surface area contributed by atoms with Crippen molar-refractivity contribution in [2.45, 2.75) is 89.9 Å². The highest BCUT2D eigenvalue weighted by atomic mass is 19.4. The number of carbonyl (C=O) groups excluding carboxylic acids is 2. The molecule has 6 heterocycles. The maximum absolute atomic E-state index is 13.8. The van der Waals surface area contributed by atoms with Crippen LogP contribution in [0.3, 0.4) is 0 Å². The van der Waals surface area contributed by atoms with Gasteiger partial charge in [-0.15, -0.1) is 26.3 Å². The third kappa shape index (κ3) is 17.3. The summed E-state index contributed by atoms with van der Waals surface area (Å²) in [5, 5.41) is 21.9. The van der Waals surface area contributed by atoms with Crippen molar-refractivity contribution in [1.82, 2.24) is 60.6 Å². The van der Waals surface area contributed by atoms with Crippen LogP contribution in [0.2, 0.25) is 0 Å². The molecule has 6 N–H and O–H groups in total. The first-order valence-corrected chi connectivity index (χ1v) is 32.4. The van der Waals surface area contributed by atoms with Crippen LogP contribution in [0.25, 0.3) is 44.1 Å². The molecule has 0 saturated carbocycles. The Labute approximate surface area is 538 Å². The fraction of sp³-hybridized carbons (Fsp3) is 0.408. The molecule has 2 amide bonds. The van der Waals surface area contributed by atoms with Crippen LogP contribution in [0, 0.1) is 6.92 Å². The number of nitrogens with one attached hydrogen (secondary N) is 6. The van der Waals surface area contributed by atoms with E-state index in [1.165, 1.54) is 41.0 Å². The van der Waals surface area contributed by atoms with E-state index in [0.29, 0.717) is 58.7 Å². The van der Waals surface area contributed by atoms with Gasteiger partial charge in [0.15, 0.2) is 0 Å². The topological polar surface area (TPSA) is 148 Å². The summed E-state index contributed by atoms with van der Waals surface area (Å²) in [6, 6.07) is 41.4. The maximum Gasteiger partial charge on any atom is 0.573 e. The van der Waals surface area contributed by atoms with Crippen molar-refractivity contribution in [2.24, 2.45) is 0 Å². The third-order valence-corrected chi connectivity index (χ3v) is 18.4. The Kier molecular flexibility index (Phi) is 20.8. The SMILES string of the molecule is Cc1ccc(C2CNCC(C(=O)NCCCn3cc(-c4ccc(OC(F)(F)F)cc4)c4cc(CN5CCN(Cc6ccccc6)CC5)ccc43)N2)cc1CN1CCN(Cc2ccc3c(c2)c(-c2ccc(OC(F)(F)F)cc2)cn3CCCNC(=O)C2CNCCN2)CC1. The smallest absolute Gasteiger partial charge is 0.406 e. The molecule has 4 fully saturated rings. The Morgan fingerprint density at radius 3 is 1.49 bits per heavy atom. The number of hydrogen-bond acceptors (Lipinski definition) is 12. The predicted octanol–water partition coefficient (Wildman–Crippen LogP) is 9.55. The molecule has 4 saturated heterocycles. The molecule has 16 nitrogen and oxygen atoms in total. The number of carbonyl (C=O) groups is 2. The van der Waals surface area contributed by atoms with Gasteiger partial charge in [0.2, 0.25) is 11.8 Å². The van der Waals surface area contributed by atoms with E-state index in [2.05, 4.69) is 162 Å². The van der Waals surface area contributed by atoms with Crippen molar-refractivity contribution in [3.63, 3.8) is 0 Å². The van der Waals surface area contributed by atoms with Gasteiger partial charge < -0.3 is 45.2 Å². The van der Waals surface area contributed by atoms with Crippen LogP contribution in [0.4, 0.5) is 26.3 Å². The average molecular weight is 1280 g/mol. The number of aryl methyl sites for hydroxylation is 3. The van der Waals surface area contributed by atoms with E-state index < -0.39 is 18.8 Å². The summed E-state index contributed by atoms with van der Waals surface area (Å²) in [6.07, 6.45) is -4.13. The monoisotopic (exact) mass is 1280 g/mol. The maximum atomic E-state index is 13.8. The molecule has 4 aliphatic rings. The summed E-state index contributed by atoms with van der Waals surface area (Å²) in [7, 11) is 0. The molecule has 0 spiro atoms. The highest BCUT2D eigenvalue weighted by Gasteiger charge is 2.33. The van der Waals surface area contributed by atoms with Gasteiger partial charge >= 0.3 is 12.7 Å². The lowest BCUT2D eigenvalue weighted by Crippen LogP contribution is -2.57. The number of rotatable bonds is 23. The molecule has 4 aliphatic heterocycles. The molecule has 12 rings (SSSR count). The molecule has 22 heteroatoms. The number of ether oxygens (including phenoxy) is 2. The number of alkyl halides is 6. The normalized spacial score (nSPS) is 19.1. The number of piperazine rings is 4. The van der Waals surface area contributed by atoms with Crippen LogP contribution in [-0.2, 0) is 48.9 Å². The highest BCUT2D eigenvalue weighted by molar-refractivity contribution is 5.97. The summed E-state index contributed by atoms with van der Waals surface area (Å²) in [6.45, 7) is 18.3. The zero-order valence-electron chi connectivity index (χ0n) is 52.4. The molecule has 3 atom stereocenters. The Hall–Kier alpha value is -7.80. The Balaban J connectivity index is 0.634. The van der Waals surface area contributed by atoms with E-state index in [0.717, 1.165) is 152 Å². The van der Waals surface area contributed by atoms with E-state index in [1.807, 2.05) is 12.3 Å². The van der Waals surface area contributed by atoms with Gasteiger partial charge in [0.05, 0.1) is 12.1 Å². The molecule has 2 aromatic heterocycles. The van der Waals surface area contributed by atoms with Crippen molar-refractivity contribution < 1.29 is 45.4 Å². The largest absolute Gasteiger partial charge is 0.573 e. The lowest BCUT2D eigenvalue weighted by atomic mass is 9.97. The van der Waals surface area contributed by atoms with E-state index in [1.54, 1.807) is 24.3 Å². The standard InChI is InChI=1S/C71H82F6N12O4/c1-49-9-12-55(39-56(49)46-87-35-33-86(34-36-87)45-52-11-22-66-60(38-52)61(53-13-17-57(18-14-53)92-70(72,73)74)47-88(66)27-5-23-81-68(90)64-41-78-25-26-80-64)63-40-79-42-65(83-63)69(91)82-24-6-28-89-48-62(54-15-19-58(20-16-54)93-71(75,76)77)59-37-51(10-21-67(59)89)44-85-31-29-84(30-32-85)43-50-7-3-2-4-8-50/h2-4,7-22,37-39,47-48,63-65,78-80,83H,5-6,23-36,40-46H2,1H3,(H,81,90)(H,82,91). The number of fused-ring (bicyclic) bond motifs is 2. The lowest BCUT2D eigenvalue weighted by Gasteiger charge is -2.35. The lowest BCUT2D eigenvalue weighted by molar-refractivity contribution is -0.275. The van der Waals surface area contributed by atoms with Crippen LogP contribution >= 0.6 is 0 Å². The van der Waals surface area contributed by atoms with Crippen molar-refractivity contribution in [3.05, 3.63) is 179 Å². The quantitative estimate of drug-likeness (QED) is 0.0268. The second kappa shape index (κ2) is 29.7. The first-order chi connectivity index (χ1) is 45.0. The number of aromatic nitrogens is 2. The number of halogens is 6. The van der Waals surface area contributed by atoms with Crippen molar-refractivity contribution >= 4 is 33.6 Å². The minimum Gasteiger partial charge on any atom is -0.406 e. The van der Waals surface area contributed by atoms with E-state index in [4.69, 9.17) is 0 Å². The zero-order chi connectivity index (χ0) is 64.5. The highest BCUT2D eigenvalue weighted by Crippen LogP contribution is 2.37. The zero-order valence-corrected chi connectivity index (χ0v) is 52.4. The third-order valence-electron chi connectivity index (χ3n) is 18.4. The van der Waals surface area contributed by atoms with Crippen LogP contribution < -0.4 is 41.4 Å². The average Bonchev–Trinajstić information content (AvgIpc) is 1.66.